The first-order valence-corrected chi connectivity index (χ1v) is 4.83. The van der Waals surface area contributed by atoms with Crippen molar-refractivity contribution in [3.63, 3.8) is 0 Å². The first-order valence-electron chi connectivity index (χ1n) is 4.83. The Morgan fingerprint density at radius 1 is 1.44 bits per heavy atom. The monoisotopic (exact) mass is 225 g/mol. The number of amides is 1. The number of nitrogens with zero attached hydrogens (tertiary/aromatic N) is 2. The number of hydrogen-bond acceptors (Lipinski definition) is 3. The van der Waals surface area contributed by atoms with Gasteiger partial charge in [0.1, 0.15) is 0 Å². The highest BCUT2D eigenvalue weighted by Crippen LogP contribution is 2.09. The van der Waals surface area contributed by atoms with Crippen molar-refractivity contribution >= 4 is 17.6 Å². The summed E-state index contributed by atoms with van der Waals surface area (Å²) in [4.78, 5) is 11.1. The normalized spacial score (nSPS) is 11.8. The van der Waals surface area contributed by atoms with Gasteiger partial charge in [0.2, 0.25) is 11.9 Å². The minimum Gasteiger partial charge on any atom is -0.369 e. The van der Waals surface area contributed by atoms with E-state index in [1.807, 2.05) is 13.8 Å². The van der Waals surface area contributed by atoms with Crippen molar-refractivity contribution in [1.82, 2.24) is 5.32 Å². The van der Waals surface area contributed by atoms with Gasteiger partial charge >= 0.3 is 0 Å². The Morgan fingerprint density at radius 3 is 2.44 bits per heavy atom. The van der Waals surface area contributed by atoms with Gasteiger partial charge in [-0.1, -0.05) is 6.58 Å². The Morgan fingerprint density at radius 2 is 2.00 bits per heavy atom. The minimum atomic E-state index is -0.419. The molecule has 0 spiro atoms. The molecule has 0 fully saturated rings. The van der Waals surface area contributed by atoms with Crippen molar-refractivity contribution in [1.29, 1.82) is 0 Å². The van der Waals surface area contributed by atoms with Gasteiger partial charge in [-0.3, -0.25) is 4.79 Å². The van der Waals surface area contributed by atoms with Crippen molar-refractivity contribution in [2.45, 2.75) is 32.7 Å². The van der Waals surface area contributed by atoms with Crippen LogP contribution in [0.15, 0.2) is 22.9 Å². The molecule has 0 bridgehead atoms. The van der Waals surface area contributed by atoms with E-state index in [0.29, 0.717) is 6.42 Å². The van der Waals surface area contributed by atoms with Crippen molar-refractivity contribution in [2.24, 2.45) is 21.7 Å². The fraction of sp³-hybridized carbons (Fsp3) is 0.500. The zero-order chi connectivity index (χ0) is 12.8. The van der Waals surface area contributed by atoms with E-state index in [2.05, 4.69) is 22.1 Å². The number of nitrogens with one attached hydrogen (secondary N) is 1. The van der Waals surface area contributed by atoms with E-state index in [4.69, 9.17) is 11.5 Å². The van der Waals surface area contributed by atoms with E-state index in [0.717, 1.165) is 5.71 Å². The maximum absolute atomic E-state index is 11.1. The number of carbonyl (C=O) groups excluding carboxylic acids is 1. The Kier molecular flexibility index (Phi) is 5.21. The highest BCUT2D eigenvalue weighted by Gasteiger charge is 2.20. The first-order chi connectivity index (χ1) is 7.26. The van der Waals surface area contributed by atoms with Crippen molar-refractivity contribution in [3.05, 3.63) is 12.7 Å². The van der Waals surface area contributed by atoms with E-state index in [1.165, 1.54) is 6.08 Å². The molecule has 1 amide bonds. The third kappa shape index (κ3) is 6.58. The number of nitrogens with two attached hydrogens (primary N) is 2. The number of guanidine groups is 1. The van der Waals surface area contributed by atoms with Gasteiger partial charge in [0.05, 0.1) is 0 Å². The highest BCUT2D eigenvalue weighted by molar-refractivity contribution is 5.89. The molecular formula is C10H19N5O. The van der Waals surface area contributed by atoms with Gasteiger partial charge in [0.25, 0.3) is 0 Å². The molecular weight excluding hydrogens is 206 g/mol. The maximum Gasteiger partial charge on any atom is 0.243 e. The number of carbonyl (C=O) groups is 1. The molecule has 0 saturated carbocycles. The Bertz CT molecular complexity index is 326. The third-order valence-electron chi connectivity index (χ3n) is 1.68. The predicted octanol–water partition coefficient (Wildman–Crippen LogP) is 0.107. The molecule has 0 heterocycles. The average molecular weight is 225 g/mol. The van der Waals surface area contributed by atoms with Crippen molar-refractivity contribution in [3.8, 4) is 0 Å². The van der Waals surface area contributed by atoms with Gasteiger partial charge in [0, 0.05) is 17.7 Å². The van der Waals surface area contributed by atoms with E-state index >= 15 is 0 Å². The summed E-state index contributed by atoms with van der Waals surface area (Å²) in [6.45, 7) is 8.93. The molecule has 0 aliphatic heterocycles. The summed E-state index contributed by atoms with van der Waals surface area (Å²) in [5.41, 5.74) is 10.6. The molecule has 0 atom stereocenters. The first kappa shape index (κ1) is 14.2. The lowest BCUT2D eigenvalue weighted by atomic mass is 9.98. The Labute approximate surface area is 95.5 Å². The standard InChI is InChI=1S/C10H19N5O/c1-5-8(16)13-10(3,4)6-7(2)14-15-9(11)12/h5H,1,6H2,2-4H3,(H,13,16)(H4,11,12,15)/b14-7+. The fourth-order valence-corrected chi connectivity index (χ4v) is 1.25. The Hall–Kier alpha value is -1.85. The second-order valence-corrected chi connectivity index (χ2v) is 4.11. The third-order valence-corrected chi connectivity index (χ3v) is 1.68. The van der Waals surface area contributed by atoms with Crippen molar-refractivity contribution < 1.29 is 4.79 Å². The van der Waals surface area contributed by atoms with Crippen LogP contribution in [0.3, 0.4) is 0 Å². The largest absolute Gasteiger partial charge is 0.369 e. The van der Waals surface area contributed by atoms with Gasteiger partial charge in [-0.15, -0.1) is 5.10 Å². The minimum absolute atomic E-state index is 0.0905. The average Bonchev–Trinajstić information content (AvgIpc) is 2.13. The zero-order valence-corrected chi connectivity index (χ0v) is 9.95. The number of rotatable bonds is 5. The highest BCUT2D eigenvalue weighted by atomic mass is 16.1. The van der Waals surface area contributed by atoms with Crippen LogP contribution in [0, 0.1) is 0 Å². The van der Waals surface area contributed by atoms with Gasteiger partial charge in [-0.2, -0.15) is 5.10 Å². The summed E-state index contributed by atoms with van der Waals surface area (Å²) < 4.78 is 0. The molecule has 0 aromatic heterocycles. The number of hydrogen-bond donors (Lipinski definition) is 3. The maximum atomic E-state index is 11.1. The lowest BCUT2D eigenvalue weighted by molar-refractivity contribution is -0.117. The molecule has 0 aromatic rings. The summed E-state index contributed by atoms with van der Waals surface area (Å²) in [5.74, 6) is -0.313. The molecule has 90 valence electrons. The molecule has 0 saturated heterocycles. The van der Waals surface area contributed by atoms with Gasteiger partial charge < -0.3 is 16.8 Å². The molecule has 6 heteroatoms. The van der Waals surface area contributed by atoms with Gasteiger partial charge in [-0.05, 0) is 26.8 Å². The van der Waals surface area contributed by atoms with Crippen molar-refractivity contribution in [2.75, 3.05) is 0 Å². The van der Waals surface area contributed by atoms with Crippen LogP contribution in [-0.4, -0.2) is 23.1 Å². The molecule has 0 aliphatic rings. The van der Waals surface area contributed by atoms with E-state index in [9.17, 15) is 4.79 Å². The van der Waals surface area contributed by atoms with E-state index < -0.39 is 5.54 Å². The molecule has 0 aromatic carbocycles. The summed E-state index contributed by atoms with van der Waals surface area (Å²) in [6.07, 6.45) is 1.77. The smallest absolute Gasteiger partial charge is 0.243 e. The van der Waals surface area contributed by atoms with Crippen LogP contribution in [0.25, 0.3) is 0 Å². The lowest BCUT2D eigenvalue weighted by Gasteiger charge is -2.25. The van der Waals surface area contributed by atoms with E-state index in [1.54, 1.807) is 6.92 Å². The zero-order valence-electron chi connectivity index (χ0n) is 9.95. The molecule has 0 radical (unpaired) electrons. The van der Waals surface area contributed by atoms with Crippen LogP contribution in [0.1, 0.15) is 27.2 Å². The second kappa shape index (κ2) is 5.89. The van der Waals surface area contributed by atoms with Gasteiger partial charge in [-0.25, -0.2) is 0 Å². The van der Waals surface area contributed by atoms with Crippen LogP contribution in [0.2, 0.25) is 0 Å². The SMILES string of the molecule is C=CC(=O)NC(C)(C)C/C(C)=N/N=C(N)N. The predicted molar refractivity (Wildman–Crippen MR) is 66.0 cm³/mol. The summed E-state index contributed by atoms with van der Waals surface area (Å²) in [7, 11) is 0. The van der Waals surface area contributed by atoms with Gasteiger partial charge in [0.15, 0.2) is 0 Å². The molecule has 0 aliphatic carbocycles. The van der Waals surface area contributed by atoms with Crippen LogP contribution in [0.5, 0.6) is 0 Å². The van der Waals surface area contributed by atoms with Crippen LogP contribution in [-0.2, 0) is 4.79 Å². The van der Waals surface area contributed by atoms with Crippen LogP contribution >= 0.6 is 0 Å². The summed E-state index contributed by atoms with van der Waals surface area (Å²) >= 11 is 0. The molecule has 0 rings (SSSR count). The van der Waals surface area contributed by atoms with E-state index in [-0.39, 0.29) is 11.9 Å². The lowest BCUT2D eigenvalue weighted by Crippen LogP contribution is -2.43. The Balaban J connectivity index is 4.46. The van der Waals surface area contributed by atoms with Crippen LogP contribution in [0.4, 0.5) is 0 Å². The molecule has 5 N–H and O–H groups in total. The fourth-order valence-electron chi connectivity index (χ4n) is 1.25. The quantitative estimate of drug-likeness (QED) is 0.267. The molecule has 6 nitrogen and oxygen atoms in total. The summed E-state index contributed by atoms with van der Waals surface area (Å²) in [5, 5.41) is 10.1. The van der Waals surface area contributed by atoms with Crippen LogP contribution < -0.4 is 16.8 Å². The molecule has 16 heavy (non-hydrogen) atoms. The topological polar surface area (TPSA) is 106 Å². The molecule has 0 unspecified atom stereocenters. The second-order valence-electron chi connectivity index (χ2n) is 4.11. The summed E-state index contributed by atoms with van der Waals surface area (Å²) in [6, 6.07) is 0.